The molecule has 5 nitrogen and oxygen atoms in total. The SMILES string of the molecule is Cc1cn2c(/C=C/C(=O)NC3CCN(Cc4ccccc4)CC3)c(C)nc2s1. The van der Waals surface area contributed by atoms with Crippen molar-refractivity contribution in [3.63, 3.8) is 0 Å². The fourth-order valence-corrected chi connectivity index (χ4v) is 4.64. The number of carbonyl (C=O) groups is 1. The van der Waals surface area contributed by atoms with Crippen molar-refractivity contribution in [3.8, 4) is 0 Å². The summed E-state index contributed by atoms with van der Waals surface area (Å²) in [5.74, 6) is -0.0252. The van der Waals surface area contributed by atoms with Crippen LogP contribution in [0.3, 0.4) is 0 Å². The molecule has 146 valence electrons. The number of piperidine rings is 1. The van der Waals surface area contributed by atoms with E-state index in [0.717, 1.165) is 48.8 Å². The third-order valence-electron chi connectivity index (χ3n) is 5.24. The molecule has 1 aliphatic rings. The molecule has 1 aromatic carbocycles. The summed E-state index contributed by atoms with van der Waals surface area (Å²) >= 11 is 1.66. The lowest BCUT2D eigenvalue weighted by Crippen LogP contribution is -2.43. The van der Waals surface area contributed by atoms with Gasteiger partial charge in [-0.2, -0.15) is 0 Å². The second-order valence-corrected chi connectivity index (χ2v) is 8.67. The highest BCUT2D eigenvalue weighted by Gasteiger charge is 2.20. The first kappa shape index (κ1) is 18.9. The number of nitrogens with zero attached hydrogens (tertiary/aromatic N) is 3. The zero-order valence-corrected chi connectivity index (χ0v) is 17.2. The van der Waals surface area contributed by atoms with Gasteiger partial charge in [-0.3, -0.25) is 14.1 Å². The van der Waals surface area contributed by atoms with Gasteiger partial charge >= 0.3 is 0 Å². The molecule has 0 bridgehead atoms. The number of rotatable bonds is 5. The van der Waals surface area contributed by atoms with Crippen LogP contribution in [0.15, 0.2) is 42.6 Å². The zero-order chi connectivity index (χ0) is 19.5. The van der Waals surface area contributed by atoms with Crippen molar-refractivity contribution in [2.45, 2.75) is 39.3 Å². The van der Waals surface area contributed by atoms with Crippen molar-refractivity contribution in [1.29, 1.82) is 0 Å². The molecule has 3 aromatic rings. The number of carbonyl (C=O) groups excluding carboxylic acids is 1. The number of aryl methyl sites for hydroxylation is 2. The molecule has 1 amide bonds. The van der Waals surface area contributed by atoms with Crippen LogP contribution in [-0.2, 0) is 11.3 Å². The number of fused-ring (bicyclic) bond motifs is 1. The van der Waals surface area contributed by atoms with Crippen molar-refractivity contribution in [1.82, 2.24) is 19.6 Å². The van der Waals surface area contributed by atoms with Crippen LogP contribution in [0.1, 0.15) is 34.7 Å². The first-order valence-electron chi connectivity index (χ1n) is 9.78. The molecule has 2 aromatic heterocycles. The van der Waals surface area contributed by atoms with Crippen molar-refractivity contribution in [2.24, 2.45) is 0 Å². The van der Waals surface area contributed by atoms with Gasteiger partial charge in [0.25, 0.3) is 0 Å². The van der Waals surface area contributed by atoms with Crippen LogP contribution < -0.4 is 5.32 Å². The van der Waals surface area contributed by atoms with E-state index in [1.54, 1.807) is 17.4 Å². The van der Waals surface area contributed by atoms with Gasteiger partial charge in [0.1, 0.15) is 0 Å². The number of thiazole rings is 1. The van der Waals surface area contributed by atoms with Crippen molar-refractivity contribution in [3.05, 3.63) is 64.4 Å². The summed E-state index contributed by atoms with van der Waals surface area (Å²) in [5.41, 5.74) is 3.27. The number of benzene rings is 1. The quantitative estimate of drug-likeness (QED) is 0.670. The molecule has 0 unspecified atom stereocenters. The molecular formula is C22H26N4OS. The van der Waals surface area contributed by atoms with Crippen LogP contribution in [0, 0.1) is 13.8 Å². The highest BCUT2D eigenvalue weighted by atomic mass is 32.1. The van der Waals surface area contributed by atoms with Crippen LogP contribution in [0.4, 0.5) is 0 Å². The summed E-state index contributed by atoms with van der Waals surface area (Å²) in [6.07, 6.45) is 7.57. The predicted octanol–water partition coefficient (Wildman–Crippen LogP) is 3.81. The number of likely N-dealkylation sites (tertiary alicyclic amines) is 1. The molecule has 4 rings (SSSR count). The maximum Gasteiger partial charge on any atom is 0.244 e. The molecule has 1 fully saturated rings. The molecule has 0 saturated carbocycles. The van der Waals surface area contributed by atoms with E-state index in [9.17, 15) is 4.79 Å². The largest absolute Gasteiger partial charge is 0.350 e. The first-order valence-corrected chi connectivity index (χ1v) is 10.6. The Morgan fingerprint density at radius 3 is 2.75 bits per heavy atom. The lowest BCUT2D eigenvalue weighted by molar-refractivity contribution is -0.117. The number of aromatic nitrogens is 2. The lowest BCUT2D eigenvalue weighted by Gasteiger charge is -2.32. The topological polar surface area (TPSA) is 49.6 Å². The molecule has 1 saturated heterocycles. The van der Waals surface area contributed by atoms with E-state index in [-0.39, 0.29) is 11.9 Å². The Bertz CT molecular complexity index is 981. The van der Waals surface area contributed by atoms with Crippen molar-refractivity contribution < 1.29 is 4.79 Å². The summed E-state index contributed by atoms with van der Waals surface area (Å²) in [5, 5.41) is 3.16. The molecule has 0 spiro atoms. The van der Waals surface area contributed by atoms with E-state index in [2.05, 4.69) is 63.1 Å². The van der Waals surface area contributed by atoms with Gasteiger partial charge in [0, 0.05) is 42.8 Å². The molecule has 1 aliphatic heterocycles. The Labute approximate surface area is 169 Å². The predicted molar refractivity (Wildman–Crippen MR) is 114 cm³/mol. The van der Waals surface area contributed by atoms with Crippen LogP contribution in [0.25, 0.3) is 11.0 Å². The van der Waals surface area contributed by atoms with Gasteiger partial charge in [0.05, 0.1) is 11.4 Å². The Morgan fingerprint density at radius 2 is 2.00 bits per heavy atom. The summed E-state index contributed by atoms with van der Waals surface area (Å²) in [7, 11) is 0. The molecule has 0 aliphatic carbocycles. The van der Waals surface area contributed by atoms with Crippen LogP contribution in [-0.4, -0.2) is 39.3 Å². The smallest absolute Gasteiger partial charge is 0.244 e. The third kappa shape index (κ3) is 4.34. The second-order valence-electron chi connectivity index (χ2n) is 7.45. The standard InChI is InChI=1S/C22H26N4OS/c1-16-14-26-20(17(2)23-22(26)28-16)8-9-21(27)24-19-10-12-25(13-11-19)15-18-6-4-3-5-7-18/h3-9,14,19H,10-13,15H2,1-2H3,(H,24,27)/b9-8+. The monoisotopic (exact) mass is 394 g/mol. The Kier molecular flexibility index (Phi) is 5.59. The molecule has 0 atom stereocenters. The van der Waals surface area contributed by atoms with E-state index in [1.807, 2.05) is 13.0 Å². The highest BCUT2D eigenvalue weighted by Crippen LogP contribution is 2.21. The van der Waals surface area contributed by atoms with Crippen LogP contribution >= 0.6 is 11.3 Å². The number of hydrogen-bond acceptors (Lipinski definition) is 4. The van der Waals surface area contributed by atoms with Gasteiger partial charge in [-0.25, -0.2) is 4.98 Å². The minimum absolute atomic E-state index is 0.0252. The van der Waals surface area contributed by atoms with Crippen LogP contribution in [0.2, 0.25) is 0 Å². The highest BCUT2D eigenvalue weighted by molar-refractivity contribution is 7.17. The van der Waals surface area contributed by atoms with Gasteiger partial charge in [-0.1, -0.05) is 30.3 Å². The Hall–Kier alpha value is -2.44. The number of nitrogens with one attached hydrogen (secondary N) is 1. The van der Waals surface area contributed by atoms with Crippen LogP contribution in [0.5, 0.6) is 0 Å². The van der Waals surface area contributed by atoms with Crippen molar-refractivity contribution >= 4 is 28.3 Å². The minimum atomic E-state index is -0.0252. The fourth-order valence-electron chi connectivity index (χ4n) is 3.76. The van der Waals surface area contributed by atoms with Gasteiger partial charge in [-0.05, 0) is 38.3 Å². The van der Waals surface area contributed by atoms with E-state index in [0.29, 0.717) is 0 Å². The number of amides is 1. The average Bonchev–Trinajstić information content (AvgIpc) is 3.17. The molecule has 1 N–H and O–H groups in total. The average molecular weight is 395 g/mol. The molecular weight excluding hydrogens is 368 g/mol. The zero-order valence-electron chi connectivity index (χ0n) is 16.4. The summed E-state index contributed by atoms with van der Waals surface area (Å²) in [4.78, 5) is 21.6. The van der Waals surface area contributed by atoms with E-state index < -0.39 is 0 Å². The summed E-state index contributed by atoms with van der Waals surface area (Å²) in [6, 6.07) is 10.8. The maximum atomic E-state index is 12.4. The normalized spacial score (nSPS) is 16.2. The molecule has 3 heterocycles. The summed E-state index contributed by atoms with van der Waals surface area (Å²) < 4.78 is 2.06. The summed E-state index contributed by atoms with van der Waals surface area (Å²) in [6.45, 7) is 7.06. The van der Waals surface area contributed by atoms with Gasteiger partial charge in [0.15, 0.2) is 4.96 Å². The maximum absolute atomic E-state index is 12.4. The van der Waals surface area contributed by atoms with E-state index >= 15 is 0 Å². The Balaban J connectivity index is 1.30. The van der Waals surface area contributed by atoms with E-state index in [4.69, 9.17) is 0 Å². The minimum Gasteiger partial charge on any atom is -0.350 e. The van der Waals surface area contributed by atoms with Crippen molar-refractivity contribution in [2.75, 3.05) is 13.1 Å². The van der Waals surface area contributed by atoms with Gasteiger partial charge < -0.3 is 5.32 Å². The Morgan fingerprint density at radius 1 is 1.25 bits per heavy atom. The molecule has 0 radical (unpaired) electrons. The van der Waals surface area contributed by atoms with Gasteiger partial charge in [0.2, 0.25) is 5.91 Å². The number of imidazole rings is 1. The fraction of sp³-hybridized carbons (Fsp3) is 0.364. The van der Waals surface area contributed by atoms with E-state index in [1.165, 1.54) is 10.4 Å². The second kappa shape index (κ2) is 8.29. The first-order chi connectivity index (χ1) is 13.6. The third-order valence-corrected chi connectivity index (χ3v) is 6.14. The molecule has 6 heteroatoms. The van der Waals surface area contributed by atoms with Gasteiger partial charge in [-0.15, -0.1) is 11.3 Å². The lowest BCUT2D eigenvalue weighted by atomic mass is 10.0. The molecule has 28 heavy (non-hydrogen) atoms. The number of hydrogen-bond donors (Lipinski definition) is 1.